The van der Waals surface area contributed by atoms with Crippen LogP contribution in [-0.2, 0) is 19.0 Å². The SMILES string of the molecule is CC(=O)N(CCOCCOCCN)[C@@H]1[C@@H](O)[C@H](O)[C@@H](CO)O[C@H]1[O-]. The van der Waals surface area contributed by atoms with Crippen molar-refractivity contribution in [2.45, 2.75) is 37.6 Å². The molecule has 142 valence electrons. The van der Waals surface area contributed by atoms with Crippen molar-refractivity contribution < 1.29 is 39.4 Å². The third-order valence-corrected chi connectivity index (χ3v) is 3.72. The van der Waals surface area contributed by atoms with Crippen LogP contribution in [0.4, 0.5) is 0 Å². The fourth-order valence-corrected chi connectivity index (χ4v) is 2.48. The van der Waals surface area contributed by atoms with E-state index in [1.165, 1.54) is 6.92 Å². The fraction of sp³-hybridized carbons (Fsp3) is 0.929. The lowest BCUT2D eigenvalue weighted by molar-refractivity contribution is -0.525. The van der Waals surface area contributed by atoms with Crippen molar-refractivity contribution in [3.63, 3.8) is 0 Å². The molecular weight excluding hydrogens is 324 g/mol. The predicted octanol–water partition coefficient (Wildman–Crippen LogP) is -4.01. The molecule has 1 fully saturated rings. The lowest BCUT2D eigenvalue weighted by Crippen LogP contribution is -2.68. The van der Waals surface area contributed by atoms with Crippen molar-refractivity contribution in [2.75, 3.05) is 46.1 Å². The maximum atomic E-state index is 12.1. The van der Waals surface area contributed by atoms with Crippen molar-refractivity contribution in [2.24, 2.45) is 5.73 Å². The van der Waals surface area contributed by atoms with Crippen molar-refractivity contribution in [3.05, 3.63) is 0 Å². The van der Waals surface area contributed by atoms with Gasteiger partial charge in [-0.3, -0.25) is 4.79 Å². The van der Waals surface area contributed by atoms with Gasteiger partial charge in [0.15, 0.2) is 0 Å². The second kappa shape index (κ2) is 10.9. The molecule has 5 atom stereocenters. The monoisotopic (exact) mass is 351 g/mol. The highest BCUT2D eigenvalue weighted by Gasteiger charge is 2.43. The van der Waals surface area contributed by atoms with Crippen LogP contribution in [0.5, 0.6) is 0 Å². The minimum atomic E-state index is -1.78. The largest absolute Gasteiger partial charge is 0.829 e. The zero-order valence-corrected chi connectivity index (χ0v) is 13.7. The van der Waals surface area contributed by atoms with Gasteiger partial charge < -0.3 is 45.3 Å². The number of carbonyl (C=O) groups is 1. The molecule has 1 heterocycles. The minimum Gasteiger partial charge on any atom is -0.829 e. The average molecular weight is 351 g/mol. The summed E-state index contributed by atoms with van der Waals surface area (Å²) in [5, 5.41) is 41.1. The van der Waals surface area contributed by atoms with Gasteiger partial charge in [0.1, 0.15) is 18.3 Å². The zero-order chi connectivity index (χ0) is 18.1. The fourth-order valence-electron chi connectivity index (χ4n) is 2.48. The van der Waals surface area contributed by atoms with Crippen molar-refractivity contribution in [1.82, 2.24) is 4.90 Å². The Morgan fingerprint density at radius 1 is 1.21 bits per heavy atom. The van der Waals surface area contributed by atoms with E-state index in [1.54, 1.807) is 0 Å². The topological polar surface area (TPSA) is 158 Å². The molecule has 0 bridgehead atoms. The highest BCUT2D eigenvalue weighted by Crippen LogP contribution is 2.22. The molecular formula is C14H27N2O8-. The summed E-state index contributed by atoms with van der Waals surface area (Å²) in [6.07, 6.45) is -5.94. The third kappa shape index (κ3) is 5.90. The molecule has 24 heavy (non-hydrogen) atoms. The zero-order valence-electron chi connectivity index (χ0n) is 13.7. The van der Waals surface area contributed by atoms with Crippen LogP contribution in [-0.4, -0.2) is 103 Å². The Morgan fingerprint density at radius 3 is 2.38 bits per heavy atom. The highest BCUT2D eigenvalue weighted by atomic mass is 16.6. The van der Waals surface area contributed by atoms with E-state index in [0.29, 0.717) is 26.4 Å². The Labute approximate surface area is 140 Å². The van der Waals surface area contributed by atoms with Gasteiger partial charge in [0.05, 0.1) is 39.1 Å². The molecule has 10 nitrogen and oxygen atoms in total. The number of amides is 1. The quantitative estimate of drug-likeness (QED) is 0.288. The number of aliphatic hydroxyl groups excluding tert-OH is 3. The Hall–Kier alpha value is -0.850. The molecule has 1 aliphatic heterocycles. The average Bonchev–Trinajstić information content (AvgIpc) is 2.55. The van der Waals surface area contributed by atoms with Crippen LogP contribution in [0.2, 0.25) is 0 Å². The standard InChI is InChI=1S/C14H27N2O8/c1-9(18)16(3-5-23-7-6-22-4-2-15)11-13(20)12(19)10(8-17)24-14(11)21/h10-14,17,19-20H,2-8,15H2,1H3/q-1/t10-,11-,12-,13-,14-/m1/s1. The first-order chi connectivity index (χ1) is 11.4. The maximum Gasteiger partial charge on any atom is 0.219 e. The van der Waals surface area contributed by atoms with Crippen LogP contribution in [0.15, 0.2) is 0 Å². The highest BCUT2D eigenvalue weighted by molar-refractivity contribution is 5.73. The van der Waals surface area contributed by atoms with E-state index in [0.717, 1.165) is 4.90 Å². The van der Waals surface area contributed by atoms with Gasteiger partial charge in [-0.05, 0) is 0 Å². The second-order valence-electron chi connectivity index (χ2n) is 5.42. The molecule has 0 aromatic carbocycles. The molecule has 1 saturated heterocycles. The summed E-state index contributed by atoms with van der Waals surface area (Å²) >= 11 is 0. The number of ether oxygens (including phenoxy) is 3. The van der Waals surface area contributed by atoms with Gasteiger partial charge in [0.2, 0.25) is 5.91 Å². The summed E-state index contributed by atoms with van der Waals surface area (Å²) in [6, 6.07) is -1.27. The van der Waals surface area contributed by atoms with Gasteiger partial charge in [0.25, 0.3) is 0 Å². The molecule has 1 aliphatic rings. The third-order valence-electron chi connectivity index (χ3n) is 3.72. The van der Waals surface area contributed by atoms with E-state index in [1.807, 2.05) is 0 Å². The first-order valence-corrected chi connectivity index (χ1v) is 7.85. The number of nitrogens with zero attached hydrogens (tertiary/aromatic N) is 1. The number of hydrogen-bond donors (Lipinski definition) is 4. The maximum absolute atomic E-state index is 12.1. The van der Waals surface area contributed by atoms with Gasteiger partial charge in [0, 0.05) is 26.3 Å². The Balaban J connectivity index is 2.53. The predicted molar refractivity (Wildman–Crippen MR) is 79.6 cm³/mol. The smallest absolute Gasteiger partial charge is 0.219 e. The number of carbonyl (C=O) groups excluding carboxylic acids is 1. The molecule has 0 radical (unpaired) electrons. The lowest BCUT2D eigenvalue weighted by atomic mass is 9.95. The lowest BCUT2D eigenvalue weighted by Gasteiger charge is -2.49. The number of rotatable bonds is 10. The first-order valence-electron chi connectivity index (χ1n) is 7.85. The molecule has 0 unspecified atom stereocenters. The van der Waals surface area contributed by atoms with Crippen LogP contribution >= 0.6 is 0 Å². The van der Waals surface area contributed by atoms with Crippen LogP contribution in [0.1, 0.15) is 6.92 Å². The Kier molecular flexibility index (Phi) is 9.63. The molecule has 0 spiro atoms. The summed E-state index contributed by atoms with van der Waals surface area (Å²) in [7, 11) is 0. The molecule has 5 N–H and O–H groups in total. The molecule has 0 saturated carbocycles. The van der Waals surface area contributed by atoms with Gasteiger partial charge in [-0.1, -0.05) is 0 Å². The molecule has 1 rings (SSSR count). The number of nitrogens with two attached hydrogens (primary N) is 1. The van der Waals surface area contributed by atoms with E-state index in [9.17, 15) is 20.1 Å². The van der Waals surface area contributed by atoms with Gasteiger partial charge in [-0.25, -0.2) is 0 Å². The minimum absolute atomic E-state index is 0.0482. The molecule has 1 amide bonds. The second-order valence-corrected chi connectivity index (χ2v) is 5.42. The Morgan fingerprint density at radius 2 is 1.83 bits per heavy atom. The normalized spacial score (nSPS) is 30.3. The van der Waals surface area contributed by atoms with E-state index < -0.39 is 43.2 Å². The van der Waals surface area contributed by atoms with Crippen LogP contribution in [0.3, 0.4) is 0 Å². The van der Waals surface area contributed by atoms with E-state index >= 15 is 0 Å². The van der Waals surface area contributed by atoms with Gasteiger partial charge in [-0.15, -0.1) is 0 Å². The molecule has 10 heteroatoms. The van der Waals surface area contributed by atoms with E-state index in [2.05, 4.69) is 0 Å². The van der Waals surface area contributed by atoms with E-state index in [-0.39, 0.29) is 13.2 Å². The summed E-state index contributed by atoms with van der Waals surface area (Å²) in [5.41, 5.74) is 5.27. The Bertz CT molecular complexity index is 373. The van der Waals surface area contributed by atoms with Crippen LogP contribution in [0, 0.1) is 0 Å². The van der Waals surface area contributed by atoms with Crippen molar-refractivity contribution in [3.8, 4) is 0 Å². The molecule has 0 aliphatic carbocycles. The van der Waals surface area contributed by atoms with E-state index in [4.69, 9.17) is 25.1 Å². The van der Waals surface area contributed by atoms with Crippen molar-refractivity contribution in [1.29, 1.82) is 0 Å². The summed E-state index contributed by atoms with van der Waals surface area (Å²) in [4.78, 5) is 12.9. The molecule has 0 aromatic rings. The summed E-state index contributed by atoms with van der Waals surface area (Å²) in [5.74, 6) is -0.457. The van der Waals surface area contributed by atoms with Gasteiger partial charge in [-0.2, -0.15) is 0 Å². The summed E-state index contributed by atoms with van der Waals surface area (Å²) < 4.78 is 15.4. The van der Waals surface area contributed by atoms with Crippen LogP contribution in [0.25, 0.3) is 0 Å². The number of hydrogen-bond acceptors (Lipinski definition) is 9. The molecule has 0 aromatic heterocycles. The first kappa shape index (κ1) is 21.2. The van der Waals surface area contributed by atoms with Gasteiger partial charge >= 0.3 is 0 Å². The number of aliphatic hydroxyl groups is 3. The van der Waals surface area contributed by atoms with Crippen LogP contribution < -0.4 is 10.8 Å². The van der Waals surface area contributed by atoms with Crippen molar-refractivity contribution >= 4 is 5.91 Å². The summed E-state index contributed by atoms with van der Waals surface area (Å²) in [6.45, 7) is 2.31.